The zero-order chi connectivity index (χ0) is 24.0. The van der Waals surface area contributed by atoms with E-state index in [-0.39, 0.29) is 29.3 Å². The molecule has 174 valence electrons. The van der Waals surface area contributed by atoms with Crippen LogP contribution < -0.4 is 10.6 Å². The molecule has 1 heterocycles. The standard InChI is InChI=1S/C23H23F4N5O/c1-3-11-29-21(28-2)16-9-8-15(24)12-17(16)22(33)32-19-6-4-5-18(19)31-20-10-7-14(13-30-20)23(25,26)27/h3,7-13,18-19H,2,4-6H2,1H3,(H,30,31)(H,32,33)/b11-3-,29-21?/t18-,19+/m0/s1. The number of nitrogens with one attached hydrogen (secondary N) is 2. The number of hydrogen-bond donors (Lipinski definition) is 2. The van der Waals surface area contributed by atoms with E-state index in [0.29, 0.717) is 18.4 Å². The molecular formula is C23H23F4N5O. The summed E-state index contributed by atoms with van der Waals surface area (Å²) in [5.74, 6) is -0.653. The molecule has 1 fully saturated rings. The van der Waals surface area contributed by atoms with Crippen LogP contribution in [0, 0.1) is 5.82 Å². The summed E-state index contributed by atoms with van der Waals surface area (Å²) in [7, 11) is 0. The largest absolute Gasteiger partial charge is 0.417 e. The van der Waals surface area contributed by atoms with Gasteiger partial charge in [0.2, 0.25) is 0 Å². The van der Waals surface area contributed by atoms with Crippen LogP contribution in [0.4, 0.5) is 23.4 Å². The Morgan fingerprint density at radius 2 is 1.94 bits per heavy atom. The number of allylic oxidation sites excluding steroid dienone is 1. The number of halogens is 4. The lowest BCUT2D eigenvalue weighted by Crippen LogP contribution is -2.43. The van der Waals surface area contributed by atoms with Gasteiger partial charge in [-0.15, -0.1) is 0 Å². The molecule has 0 unspecified atom stereocenters. The molecule has 0 spiro atoms. The van der Waals surface area contributed by atoms with Gasteiger partial charge >= 0.3 is 6.18 Å². The molecule has 33 heavy (non-hydrogen) atoms. The zero-order valence-electron chi connectivity index (χ0n) is 17.9. The van der Waals surface area contributed by atoms with Gasteiger partial charge in [0.1, 0.15) is 11.6 Å². The van der Waals surface area contributed by atoms with Gasteiger partial charge in [-0.3, -0.25) is 4.79 Å². The fraction of sp³-hybridized carbons (Fsp3) is 0.304. The van der Waals surface area contributed by atoms with Crippen LogP contribution in [-0.2, 0) is 6.18 Å². The third-order valence-corrected chi connectivity index (χ3v) is 5.22. The van der Waals surface area contributed by atoms with Gasteiger partial charge in [0.05, 0.1) is 11.1 Å². The molecule has 6 nitrogen and oxygen atoms in total. The van der Waals surface area contributed by atoms with Gasteiger partial charge < -0.3 is 10.6 Å². The van der Waals surface area contributed by atoms with Gasteiger partial charge in [-0.25, -0.2) is 19.4 Å². The molecule has 10 heteroatoms. The maximum Gasteiger partial charge on any atom is 0.417 e. The molecule has 1 saturated carbocycles. The number of pyridine rings is 1. The van der Waals surface area contributed by atoms with Crippen molar-refractivity contribution in [1.29, 1.82) is 0 Å². The minimum absolute atomic E-state index is 0.0592. The van der Waals surface area contributed by atoms with Crippen LogP contribution >= 0.6 is 0 Å². The predicted molar refractivity (Wildman–Crippen MR) is 119 cm³/mol. The first-order valence-electron chi connectivity index (χ1n) is 10.3. The number of hydrogen-bond acceptors (Lipinski definition) is 4. The first kappa shape index (κ1) is 24.1. The van der Waals surface area contributed by atoms with Gasteiger partial charge in [0, 0.05) is 30.0 Å². The van der Waals surface area contributed by atoms with Crippen LogP contribution in [0.25, 0.3) is 0 Å². The van der Waals surface area contributed by atoms with Crippen LogP contribution in [0.5, 0.6) is 0 Å². The molecule has 0 bridgehead atoms. The summed E-state index contributed by atoms with van der Waals surface area (Å²) in [5.41, 5.74) is -0.452. The van der Waals surface area contributed by atoms with Crippen LogP contribution in [0.1, 0.15) is 47.7 Å². The number of aromatic nitrogens is 1. The predicted octanol–water partition coefficient (Wildman–Crippen LogP) is 4.98. The number of rotatable bonds is 6. The first-order valence-corrected chi connectivity index (χ1v) is 10.3. The molecule has 0 aliphatic heterocycles. The Morgan fingerprint density at radius 1 is 1.18 bits per heavy atom. The number of carbonyl (C=O) groups excluding carboxylic acids is 1. The van der Waals surface area contributed by atoms with E-state index in [0.717, 1.165) is 24.8 Å². The summed E-state index contributed by atoms with van der Waals surface area (Å²) in [4.78, 5) is 24.8. The van der Waals surface area contributed by atoms with Crippen molar-refractivity contribution >= 4 is 24.3 Å². The molecule has 2 atom stereocenters. The summed E-state index contributed by atoms with van der Waals surface area (Å²) in [6.07, 6.45) is 1.59. The smallest absolute Gasteiger partial charge is 0.365 e. The molecule has 3 rings (SSSR count). The summed E-state index contributed by atoms with van der Waals surface area (Å²) in [6.45, 7) is 5.23. The SMILES string of the molecule is C=NC(=N/C=C\C)c1ccc(F)cc1C(=O)N[C@@H]1CCC[C@@H]1Nc1ccc(C(F)(F)F)cn1. The second-order valence-corrected chi connectivity index (χ2v) is 7.47. The Kier molecular flexibility index (Phi) is 7.57. The zero-order valence-corrected chi connectivity index (χ0v) is 17.9. The van der Waals surface area contributed by atoms with Crippen molar-refractivity contribution in [2.75, 3.05) is 5.32 Å². The normalized spacial score (nSPS) is 19.0. The van der Waals surface area contributed by atoms with E-state index in [1.807, 2.05) is 0 Å². The monoisotopic (exact) mass is 461 g/mol. The van der Waals surface area contributed by atoms with Gasteiger partial charge in [0.15, 0.2) is 5.84 Å². The van der Waals surface area contributed by atoms with E-state index in [2.05, 4.69) is 32.3 Å². The minimum Gasteiger partial charge on any atom is -0.365 e. The quantitative estimate of drug-likeness (QED) is 0.362. The number of alkyl halides is 3. The maximum absolute atomic E-state index is 13.9. The number of anilines is 1. The number of benzene rings is 1. The Labute approximate surface area is 188 Å². The summed E-state index contributed by atoms with van der Waals surface area (Å²) >= 11 is 0. The van der Waals surface area contributed by atoms with Crippen LogP contribution in [0.2, 0.25) is 0 Å². The summed E-state index contributed by atoms with van der Waals surface area (Å²) in [6, 6.07) is 5.36. The molecule has 1 aromatic heterocycles. The second-order valence-electron chi connectivity index (χ2n) is 7.47. The van der Waals surface area contributed by atoms with Gasteiger partial charge in [0.25, 0.3) is 5.91 Å². The Bertz CT molecular complexity index is 1060. The molecule has 0 radical (unpaired) electrons. The Hall–Kier alpha value is -3.56. The van der Waals surface area contributed by atoms with E-state index in [4.69, 9.17) is 0 Å². The third-order valence-electron chi connectivity index (χ3n) is 5.22. The van der Waals surface area contributed by atoms with E-state index >= 15 is 0 Å². The van der Waals surface area contributed by atoms with Gasteiger partial charge in [-0.2, -0.15) is 13.2 Å². The Morgan fingerprint density at radius 3 is 2.58 bits per heavy atom. The van der Waals surface area contributed by atoms with Crippen LogP contribution in [0.3, 0.4) is 0 Å². The Balaban J connectivity index is 1.77. The molecule has 1 amide bonds. The average Bonchev–Trinajstić information content (AvgIpc) is 3.21. The minimum atomic E-state index is -4.46. The lowest BCUT2D eigenvalue weighted by atomic mass is 10.0. The molecule has 2 aromatic rings. The van der Waals surface area contributed by atoms with Gasteiger partial charge in [-0.1, -0.05) is 6.08 Å². The van der Waals surface area contributed by atoms with Crippen LogP contribution in [0.15, 0.2) is 58.8 Å². The topological polar surface area (TPSA) is 78.7 Å². The van der Waals surface area contributed by atoms with Crippen molar-refractivity contribution < 1.29 is 22.4 Å². The highest BCUT2D eigenvalue weighted by molar-refractivity contribution is 6.11. The van der Waals surface area contributed by atoms with Crippen LogP contribution in [-0.4, -0.2) is 35.5 Å². The van der Waals surface area contributed by atoms with Crippen molar-refractivity contribution in [3.05, 3.63) is 71.3 Å². The summed E-state index contributed by atoms with van der Waals surface area (Å²) < 4.78 is 52.2. The van der Waals surface area contributed by atoms with Crippen molar-refractivity contribution in [2.45, 2.75) is 44.4 Å². The highest BCUT2D eigenvalue weighted by Gasteiger charge is 2.32. The fourth-order valence-corrected chi connectivity index (χ4v) is 3.63. The molecule has 1 aliphatic carbocycles. The van der Waals surface area contributed by atoms with Gasteiger partial charge in [-0.05, 0) is 63.2 Å². The molecule has 0 saturated heterocycles. The lowest BCUT2D eigenvalue weighted by Gasteiger charge is -2.23. The van der Waals surface area contributed by atoms with E-state index in [1.165, 1.54) is 24.4 Å². The second kappa shape index (κ2) is 10.4. The summed E-state index contributed by atoms with van der Waals surface area (Å²) in [5, 5.41) is 5.98. The van der Waals surface area contributed by atoms with E-state index < -0.39 is 23.5 Å². The molecule has 1 aliphatic rings. The number of amidine groups is 1. The molecule has 2 N–H and O–H groups in total. The van der Waals surface area contributed by atoms with E-state index in [9.17, 15) is 22.4 Å². The lowest BCUT2D eigenvalue weighted by molar-refractivity contribution is -0.137. The molecular weight excluding hydrogens is 438 g/mol. The number of nitrogens with zero attached hydrogens (tertiary/aromatic N) is 3. The highest BCUT2D eigenvalue weighted by Crippen LogP contribution is 2.29. The van der Waals surface area contributed by atoms with Crippen molar-refractivity contribution in [3.8, 4) is 0 Å². The number of carbonyl (C=O) groups is 1. The third kappa shape index (κ3) is 6.03. The highest BCUT2D eigenvalue weighted by atomic mass is 19.4. The van der Waals surface area contributed by atoms with Crippen molar-refractivity contribution in [3.63, 3.8) is 0 Å². The number of amides is 1. The number of aliphatic imine (C=N–C) groups is 2. The fourth-order valence-electron chi connectivity index (χ4n) is 3.63. The van der Waals surface area contributed by atoms with E-state index in [1.54, 1.807) is 13.0 Å². The van der Waals surface area contributed by atoms with Crippen molar-refractivity contribution in [1.82, 2.24) is 10.3 Å². The van der Waals surface area contributed by atoms with Crippen molar-refractivity contribution in [2.24, 2.45) is 9.98 Å². The molecule has 1 aromatic carbocycles. The average molecular weight is 461 g/mol. The first-order chi connectivity index (χ1) is 15.7. The maximum atomic E-state index is 13.9.